The maximum absolute atomic E-state index is 12.7. The highest BCUT2D eigenvalue weighted by atomic mass is 32.2. The number of aryl methyl sites for hydroxylation is 1. The van der Waals surface area contributed by atoms with Crippen LogP contribution in [0.5, 0.6) is 0 Å². The molecule has 0 unspecified atom stereocenters. The van der Waals surface area contributed by atoms with E-state index >= 15 is 0 Å². The predicted octanol–water partition coefficient (Wildman–Crippen LogP) is 4.17. The highest BCUT2D eigenvalue weighted by Crippen LogP contribution is 2.33. The molecule has 0 bridgehead atoms. The Hall–Kier alpha value is -1.83. The molecule has 1 amide bonds. The average molecular weight is 390 g/mol. The van der Waals surface area contributed by atoms with Crippen LogP contribution in [0.15, 0.2) is 38.4 Å². The summed E-state index contributed by atoms with van der Waals surface area (Å²) in [5, 5.41) is 6.00. The summed E-state index contributed by atoms with van der Waals surface area (Å²) >= 11 is 3.27. The molecular weight excluding hydrogens is 366 g/mol. The highest BCUT2D eigenvalue weighted by molar-refractivity contribution is 8.00. The topological polar surface area (TPSA) is 58.4 Å². The monoisotopic (exact) mass is 389 g/mol. The Morgan fingerprint density at radius 2 is 2.15 bits per heavy atom. The van der Waals surface area contributed by atoms with E-state index in [1.807, 2.05) is 50.7 Å². The molecule has 0 atom stereocenters. The normalized spacial score (nSPS) is 11.4. The van der Waals surface area contributed by atoms with Crippen LogP contribution in [0, 0.1) is 6.92 Å². The number of para-hydroxylation sites is 1. The van der Waals surface area contributed by atoms with Crippen molar-refractivity contribution in [1.29, 1.82) is 0 Å². The average Bonchev–Trinajstić information content (AvgIpc) is 3.20. The summed E-state index contributed by atoms with van der Waals surface area (Å²) < 4.78 is 6.88. The summed E-state index contributed by atoms with van der Waals surface area (Å²) in [6.45, 7) is 3.55. The standard InChI is InChI=1S/C19H23N3O2S2/c1-13-11-25-19(21-13)26-12-15-14-7-4-5-8-16(14)24-17(15)18(23)20-9-6-10-22(2)3/h4-5,7-8,11H,6,9-10,12H2,1-3H3,(H,20,23). The van der Waals surface area contributed by atoms with Gasteiger partial charge in [0.2, 0.25) is 0 Å². The minimum Gasteiger partial charge on any atom is -0.451 e. The number of furan rings is 1. The first-order chi connectivity index (χ1) is 12.5. The number of aromatic nitrogens is 1. The third-order valence-electron chi connectivity index (χ3n) is 3.91. The van der Waals surface area contributed by atoms with Gasteiger partial charge in [0.1, 0.15) is 9.92 Å². The summed E-state index contributed by atoms with van der Waals surface area (Å²) in [6.07, 6.45) is 0.904. The Labute approximate surface area is 161 Å². The molecule has 138 valence electrons. The van der Waals surface area contributed by atoms with Gasteiger partial charge in [-0.2, -0.15) is 0 Å². The quantitative estimate of drug-likeness (QED) is 0.463. The van der Waals surface area contributed by atoms with Gasteiger partial charge in [0.15, 0.2) is 5.76 Å². The lowest BCUT2D eigenvalue weighted by molar-refractivity contribution is 0.0926. The minimum atomic E-state index is -0.147. The Bertz CT molecular complexity index is 886. The third kappa shape index (κ3) is 4.66. The summed E-state index contributed by atoms with van der Waals surface area (Å²) in [6, 6.07) is 7.80. The fourth-order valence-corrected chi connectivity index (χ4v) is 4.51. The zero-order chi connectivity index (χ0) is 18.5. The largest absolute Gasteiger partial charge is 0.451 e. The molecule has 0 fully saturated rings. The van der Waals surface area contributed by atoms with Crippen LogP contribution in [0.1, 0.15) is 28.2 Å². The van der Waals surface area contributed by atoms with Crippen molar-refractivity contribution >= 4 is 40.0 Å². The van der Waals surface area contributed by atoms with E-state index in [0.717, 1.165) is 39.5 Å². The van der Waals surface area contributed by atoms with Gasteiger partial charge < -0.3 is 14.6 Å². The van der Waals surface area contributed by atoms with Crippen LogP contribution >= 0.6 is 23.1 Å². The number of rotatable bonds is 8. The summed E-state index contributed by atoms with van der Waals surface area (Å²) in [5.74, 6) is 0.924. The number of carbonyl (C=O) groups is 1. The van der Waals surface area contributed by atoms with Crippen molar-refractivity contribution in [3.8, 4) is 0 Å². The molecule has 0 aliphatic rings. The molecule has 0 aliphatic carbocycles. The zero-order valence-electron chi connectivity index (χ0n) is 15.2. The summed E-state index contributed by atoms with van der Waals surface area (Å²) in [5.41, 5.74) is 2.70. The molecule has 0 saturated carbocycles. The molecule has 0 aliphatic heterocycles. The van der Waals surface area contributed by atoms with E-state index in [0.29, 0.717) is 18.1 Å². The molecule has 0 spiro atoms. The Morgan fingerprint density at radius 3 is 2.88 bits per heavy atom. The predicted molar refractivity (Wildman–Crippen MR) is 108 cm³/mol. The van der Waals surface area contributed by atoms with E-state index in [1.165, 1.54) is 0 Å². The molecular formula is C19H23N3O2S2. The van der Waals surface area contributed by atoms with Gasteiger partial charge in [0.05, 0.1) is 0 Å². The first-order valence-electron chi connectivity index (χ1n) is 8.53. The Balaban J connectivity index is 1.76. The van der Waals surface area contributed by atoms with Gasteiger partial charge in [-0.15, -0.1) is 11.3 Å². The van der Waals surface area contributed by atoms with E-state index in [2.05, 4.69) is 15.2 Å². The molecule has 7 heteroatoms. The molecule has 0 saturated heterocycles. The smallest absolute Gasteiger partial charge is 0.287 e. The van der Waals surface area contributed by atoms with Crippen molar-refractivity contribution in [2.24, 2.45) is 0 Å². The number of thiazole rings is 1. The fraction of sp³-hybridized carbons (Fsp3) is 0.368. The Kier molecular flexibility index (Phi) is 6.34. The second kappa shape index (κ2) is 8.70. The van der Waals surface area contributed by atoms with Crippen molar-refractivity contribution in [3.63, 3.8) is 0 Å². The van der Waals surface area contributed by atoms with E-state index < -0.39 is 0 Å². The number of thioether (sulfide) groups is 1. The number of amides is 1. The summed E-state index contributed by atoms with van der Waals surface area (Å²) in [7, 11) is 4.05. The van der Waals surface area contributed by atoms with Crippen LogP contribution in [0.3, 0.4) is 0 Å². The molecule has 0 radical (unpaired) electrons. The maximum atomic E-state index is 12.7. The third-order valence-corrected chi connectivity index (χ3v) is 6.08. The van der Waals surface area contributed by atoms with E-state index in [1.54, 1.807) is 23.1 Å². The lowest BCUT2D eigenvalue weighted by Gasteiger charge is -2.09. The fourth-order valence-electron chi connectivity index (χ4n) is 2.64. The minimum absolute atomic E-state index is 0.147. The lowest BCUT2D eigenvalue weighted by atomic mass is 10.1. The van der Waals surface area contributed by atoms with E-state index in [4.69, 9.17) is 4.42 Å². The first-order valence-corrected chi connectivity index (χ1v) is 10.4. The van der Waals surface area contributed by atoms with Gasteiger partial charge in [0.25, 0.3) is 5.91 Å². The zero-order valence-corrected chi connectivity index (χ0v) is 16.9. The van der Waals surface area contributed by atoms with E-state index in [-0.39, 0.29) is 5.91 Å². The van der Waals surface area contributed by atoms with Gasteiger partial charge >= 0.3 is 0 Å². The molecule has 5 nitrogen and oxygen atoms in total. The number of hydrogen-bond acceptors (Lipinski definition) is 6. The van der Waals surface area contributed by atoms with Gasteiger partial charge in [0, 0.05) is 34.3 Å². The van der Waals surface area contributed by atoms with Crippen LogP contribution in [0.4, 0.5) is 0 Å². The van der Waals surface area contributed by atoms with Crippen LogP contribution in [0.25, 0.3) is 11.0 Å². The van der Waals surface area contributed by atoms with Gasteiger partial charge in [-0.25, -0.2) is 4.98 Å². The van der Waals surface area contributed by atoms with Crippen LogP contribution < -0.4 is 5.32 Å². The van der Waals surface area contributed by atoms with E-state index in [9.17, 15) is 4.79 Å². The second-order valence-electron chi connectivity index (χ2n) is 6.36. The van der Waals surface area contributed by atoms with Crippen LogP contribution in [-0.2, 0) is 5.75 Å². The molecule has 26 heavy (non-hydrogen) atoms. The molecule has 3 aromatic rings. The molecule has 3 rings (SSSR count). The van der Waals surface area contributed by atoms with Crippen molar-refractivity contribution in [3.05, 3.63) is 46.7 Å². The molecule has 2 heterocycles. The van der Waals surface area contributed by atoms with Crippen LogP contribution in [0.2, 0.25) is 0 Å². The number of hydrogen-bond donors (Lipinski definition) is 1. The van der Waals surface area contributed by atoms with Gasteiger partial charge in [-0.05, 0) is 40.1 Å². The van der Waals surface area contributed by atoms with Crippen LogP contribution in [-0.4, -0.2) is 43.0 Å². The lowest BCUT2D eigenvalue weighted by Crippen LogP contribution is -2.27. The molecule has 1 aromatic carbocycles. The van der Waals surface area contributed by atoms with Crippen molar-refractivity contribution in [1.82, 2.24) is 15.2 Å². The number of carbonyl (C=O) groups excluding carboxylic acids is 1. The molecule has 1 N–H and O–H groups in total. The number of fused-ring (bicyclic) bond motifs is 1. The number of nitrogens with zero attached hydrogens (tertiary/aromatic N) is 2. The first kappa shape index (κ1) is 18.9. The van der Waals surface area contributed by atoms with Gasteiger partial charge in [-0.1, -0.05) is 30.0 Å². The summed E-state index contributed by atoms with van der Waals surface area (Å²) in [4.78, 5) is 19.2. The Morgan fingerprint density at radius 1 is 1.35 bits per heavy atom. The van der Waals surface area contributed by atoms with Crippen molar-refractivity contribution < 1.29 is 9.21 Å². The second-order valence-corrected chi connectivity index (χ2v) is 8.44. The maximum Gasteiger partial charge on any atom is 0.287 e. The number of benzene rings is 1. The molecule has 2 aromatic heterocycles. The van der Waals surface area contributed by atoms with Gasteiger partial charge in [-0.3, -0.25) is 4.79 Å². The number of nitrogens with one attached hydrogen (secondary N) is 1. The van der Waals surface area contributed by atoms with Crippen molar-refractivity contribution in [2.45, 2.75) is 23.4 Å². The SMILES string of the molecule is Cc1csc(SCc2c(C(=O)NCCCN(C)C)oc3ccccc23)n1. The highest BCUT2D eigenvalue weighted by Gasteiger charge is 2.20. The van der Waals surface area contributed by atoms with Crippen molar-refractivity contribution in [2.75, 3.05) is 27.2 Å².